The van der Waals surface area contributed by atoms with Crippen LogP contribution in [0.15, 0.2) is 76.3 Å². The maximum atomic E-state index is 9.84. The number of benzene rings is 1. The van der Waals surface area contributed by atoms with Crippen LogP contribution in [0.1, 0.15) is 104 Å². The summed E-state index contributed by atoms with van der Waals surface area (Å²) in [5.41, 5.74) is 13.6. The van der Waals surface area contributed by atoms with Crippen molar-refractivity contribution in [3.63, 3.8) is 0 Å². The summed E-state index contributed by atoms with van der Waals surface area (Å²) in [5.74, 6) is 1.01. The van der Waals surface area contributed by atoms with Crippen molar-refractivity contribution >= 4 is 17.4 Å². The quantitative estimate of drug-likeness (QED) is 0.368. The lowest BCUT2D eigenvalue weighted by Gasteiger charge is -2.34. The normalized spacial score (nSPS) is 26.8. The number of allylic oxidation sites excluding steroid dienone is 4. The maximum Gasteiger partial charge on any atom is 0.139 e. The zero-order chi connectivity index (χ0) is 28.5. The molecule has 4 rings (SSSR count). The Morgan fingerprint density at radius 3 is 2.38 bits per heavy atom. The third-order valence-electron chi connectivity index (χ3n) is 9.27. The SMILES string of the molecule is CCC12C[C@@]1(C)CCC1=C=C=CC=C1C(=N)N(c1c(C(C)C)cccc1C(C)C)C(=N)C(/C=C\CC#N)=C\2C. The Labute approximate surface area is 234 Å². The molecule has 2 aliphatic carbocycles. The topological polar surface area (TPSA) is 74.7 Å². The standard InChI is InChI=1S/C35H42N4/c1-8-35-22-34(35,7)20-19-26-14-9-10-16-30(26)33(38)39(32(37)29(25(35)6)15-11-12-21-36)31-27(23(2)3)17-13-18-28(31)24(4)5/h10-11,13,15-18,23-24,37-38H,8,12,19-20,22H2,1-7H3/b15-11-,29-25-,37-32?,38-33?/t34-,35?/m1/s1. The number of nitriles is 1. The molecule has 1 heterocycles. The van der Waals surface area contributed by atoms with Crippen LogP contribution in [-0.4, -0.2) is 11.7 Å². The summed E-state index contributed by atoms with van der Waals surface area (Å²) in [5, 5.41) is 28.8. The molecule has 2 N–H and O–H groups in total. The highest BCUT2D eigenvalue weighted by molar-refractivity contribution is 6.30. The van der Waals surface area contributed by atoms with E-state index in [4.69, 9.17) is 0 Å². The van der Waals surface area contributed by atoms with Gasteiger partial charge < -0.3 is 0 Å². The molecule has 0 aromatic heterocycles. The number of nitrogens with zero attached hydrogens (tertiary/aromatic N) is 2. The molecule has 1 saturated carbocycles. The van der Waals surface area contributed by atoms with Crippen molar-refractivity contribution < 1.29 is 0 Å². The Bertz CT molecular complexity index is 1420. The predicted octanol–water partition coefficient (Wildman–Crippen LogP) is 9.26. The van der Waals surface area contributed by atoms with Gasteiger partial charge in [-0.1, -0.05) is 88.9 Å². The summed E-state index contributed by atoms with van der Waals surface area (Å²) in [7, 11) is 0. The van der Waals surface area contributed by atoms with E-state index < -0.39 is 0 Å². The Kier molecular flexibility index (Phi) is 7.90. The number of rotatable bonds is 6. The van der Waals surface area contributed by atoms with Crippen molar-refractivity contribution in [3.8, 4) is 6.07 Å². The first-order chi connectivity index (χ1) is 18.5. The highest BCUT2D eigenvalue weighted by atomic mass is 15.2. The molecule has 1 aromatic carbocycles. The van der Waals surface area contributed by atoms with E-state index in [0.717, 1.165) is 59.2 Å². The van der Waals surface area contributed by atoms with Crippen LogP contribution in [0.4, 0.5) is 5.69 Å². The zero-order valence-corrected chi connectivity index (χ0v) is 24.6. The van der Waals surface area contributed by atoms with Gasteiger partial charge in [0.1, 0.15) is 11.7 Å². The number of hydrogen-bond acceptors (Lipinski definition) is 3. The lowest BCUT2D eigenvalue weighted by Crippen LogP contribution is -2.40. The van der Waals surface area contributed by atoms with Crippen LogP contribution in [0.2, 0.25) is 0 Å². The fraction of sp³-hybridized carbons (Fsp3) is 0.457. The average Bonchev–Trinajstić information content (AvgIpc) is 3.54. The zero-order valence-electron chi connectivity index (χ0n) is 24.6. The van der Waals surface area contributed by atoms with Crippen molar-refractivity contribution in [2.24, 2.45) is 10.8 Å². The summed E-state index contributed by atoms with van der Waals surface area (Å²) in [6.45, 7) is 15.5. The van der Waals surface area contributed by atoms with Gasteiger partial charge in [0.15, 0.2) is 0 Å². The van der Waals surface area contributed by atoms with Gasteiger partial charge in [-0.15, -0.1) is 0 Å². The second kappa shape index (κ2) is 10.9. The van der Waals surface area contributed by atoms with Crippen molar-refractivity contribution in [2.75, 3.05) is 4.90 Å². The van der Waals surface area contributed by atoms with E-state index in [2.05, 4.69) is 84.2 Å². The second-order valence-corrected chi connectivity index (χ2v) is 12.1. The van der Waals surface area contributed by atoms with E-state index in [-0.39, 0.29) is 29.1 Å². The first-order valence-corrected chi connectivity index (χ1v) is 14.3. The van der Waals surface area contributed by atoms with E-state index in [1.165, 1.54) is 5.57 Å². The first kappa shape index (κ1) is 28.4. The first-order valence-electron chi connectivity index (χ1n) is 14.3. The van der Waals surface area contributed by atoms with Crippen LogP contribution in [0.5, 0.6) is 0 Å². The molecule has 0 amide bonds. The lowest BCUT2D eigenvalue weighted by atomic mass is 9.79. The average molecular weight is 519 g/mol. The summed E-state index contributed by atoms with van der Waals surface area (Å²) in [6.07, 6.45) is 11.8. The molecule has 3 aliphatic rings. The van der Waals surface area contributed by atoms with Crippen molar-refractivity contribution in [1.82, 2.24) is 0 Å². The van der Waals surface area contributed by atoms with Gasteiger partial charge >= 0.3 is 0 Å². The molecule has 1 aliphatic heterocycles. The molecule has 202 valence electrons. The van der Waals surface area contributed by atoms with Crippen LogP contribution >= 0.6 is 0 Å². The molecule has 1 aromatic rings. The maximum absolute atomic E-state index is 9.84. The van der Waals surface area contributed by atoms with Crippen molar-refractivity contribution in [2.45, 2.75) is 92.4 Å². The van der Waals surface area contributed by atoms with Crippen molar-refractivity contribution in [1.29, 1.82) is 16.1 Å². The summed E-state index contributed by atoms with van der Waals surface area (Å²) in [6, 6.07) is 8.59. The highest BCUT2D eigenvalue weighted by Crippen LogP contribution is 2.72. The molecule has 1 fully saturated rings. The number of fused-ring (bicyclic) bond motifs is 2. The van der Waals surface area contributed by atoms with Gasteiger partial charge in [0.2, 0.25) is 0 Å². The van der Waals surface area contributed by atoms with Gasteiger partial charge in [-0.2, -0.15) is 5.26 Å². The van der Waals surface area contributed by atoms with Crippen LogP contribution < -0.4 is 4.90 Å². The van der Waals surface area contributed by atoms with E-state index in [0.29, 0.717) is 11.7 Å². The van der Waals surface area contributed by atoms with E-state index >= 15 is 0 Å². The minimum atomic E-state index is -0.0130. The second-order valence-electron chi connectivity index (χ2n) is 12.1. The monoisotopic (exact) mass is 518 g/mol. The summed E-state index contributed by atoms with van der Waals surface area (Å²) in [4.78, 5) is 1.88. The highest BCUT2D eigenvalue weighted by Gasteiger charge is 2.63. The summed E-state index contributed by atoms with van der Waals surface area (Å²) < 4.78 is 0. The molecule has 2 atom stereocenters. The Morgan fingerprint density at radius 1 is 1.13 bits per heavy atom. The predicted molar refractivity (Wildman–Crippen MR) is 162 cm³/mol. The third-order valence-corrected chi connectivity index (χ3v) is 9.27. The van der Waals surface area contributed by atoms with Crippen LogP contribution in [0.25, 0.3) is 0 Å². The van der Waals surface area contributed by atoms with E-state index in [9.17, 15) is 16.1 Å². The molecular weight excluding hydrogens is 476 g/mol. The number of amidine groups is 2. The smallest absolute Gasteiger partial charge is 0.139 e. The van der Waals surface area contributed by atoms with Gasteiger partial charge in [0.25, 0.3) is 0 Å². The number of nitrogens with one attached hydrogen (secondary N) is 2. The minimum Gasteiger partial charge on any atom is -0.284 e. The minimum absolute atomic E-state index is 0.0130. The van der Waals surface area contributed by atoms with Gasteiger partial charge in [-0.25, -0.2) is 0 Å². The molecule has 1 unspecified atom stereocenters. The molecule has 39 heavy (non-hydrogen) atoms. The molecule has 4 heteroatoms. The fourth-order valence-electron chi connectivity index (χ4n) is 6.81. The molecule has 0 saturated heterocycles. The fourth-order valence-corrected chi connectivity index (χ4v) is 6.81. The van der Waals surface area contributed by atoms with Gasteiger partial charge in [0, 0.05) is 16.7 Å². The van der Waals surface area contributed by atoms with Crippen LogP contribution in [0, 0.1) is 33.0 Å². The van der Waals surface area contributed by atoms with Gasteiger partial charge in [-0.05, 0) is 78.6 Å². The Morgan fingerprint density at radius 2 is 1.79 bits per heavy atom. The third kappa shape index (κ3) is 4.83. The largest absolute Gasteiger partial charge is 0.284 e. The number of hydrogen-bond donors (Lipinski definition) is 2. The molecule has 0 radical (unpaired) electrons. The van der Waals surface area contributed by atoms with E-state index in [1.807, 2.05) is 29.2 Å². The molecule has 0 bridgehead atoms. The van der Waals surface area contributed by atoms with E-state index in [1.54, 1.807) is 0 Å². The molecule has 4 nitrogen and oxygen atoms in total. The Hall–Kier alpha value is -3.63. The van der Waals surface area contributed by atoms with Gasteiger partial charge in [-0.3, -0.25) is 15.7 Å². The summed E-state index contributed by atoms with van der Waals surface area (Å²) >= 11 is 0. The lowest BCUT2D eigenvalue weighted by molar-refractivity contribution is 0.373. The van der Waals surface area contributed by atoms with Crippen LogP contribution in [-0.2, 0) is 0 Å². The number of para-hydroxylation sites is 1. The molecular formula is C35H42N4. The van der Waals surface area contributed by atoms with Crippen molar-refractivity contribution in [3.05, 3.63) is 87.4 Å². The van der Waals surface area contributed by atoms with Crippen LogP contribution in [0.3, 0.4) is 0 Å². The van der Waals surface area contributed by atoms with Gasteiger partial charge in [0.05, 0.1) is 18.2 Å². The number of anilines is 1. The molecule has 0 spiro atoms. The Balaban J connectivity index is 2.08.